The summed E-state index contributed by atoms with van der Waals surface area (Å²) in [5.74, 6) is 3.49. The van der Waals surface area contributed by atoms with Crippen molar-refractivity contribution in [1.29, 1.82) is 0 Å². The van der Waals surface area contributed by atoms with Crippen molar-refractivity contribution < 1.29 is 17.9 Å². The number of hydrogen-bond acceptors (Lipinski definition) is 7. The predicted octanol–water partition coefficient (Wildman–Crippen LogP) is 2.94. The number of hydrogen-bond donors (Lipinski definition) is 0. The van der Waals surface area contributed by atoms with E-state index in [4.69, 9.17) is 9.47 Å². The molecule has 28 heavy (non-hydrogen) atoms. The highest BCUT2D eigenvalue weighted by atomic mass is 32.2. The van der Waals surface area contributed by atoms with Gasteiger partial charge in [0.25, 0.3) is 0 Å². The Morgan fingerprint density at radius 2 is 2.04 bits per heavy atom. The van der Waals surface area contributed by atoms with Crippen LogP contribution in [0.15, 0.2) is 42.1 Å². The third kappa shape index (κ3) is 5.29. The van der Waals surface area contributed by atoms with Gasteiger partial charge in [0.1, 0.15) is 17.3 Å². The lowest BCUT2D eigenvalue weighted by atomic mass is 10.1. The van der Waals surface area contributed by atoms with Gasteiger partial charge in [-0.3, -0.25) is 0 Å². The first-order chi connectivity index (χ1) is 13.5. The first-order valence-corrected chi connectivity index (χ1v) is 12.0. The highest BCUT2D eigenvalue weighted by Crippen LogP contribution is 2.30. The van der Waals surface area contributed by atoms with Crippen molar-refractivity contribution in [2.75, 3.05) is 31.0 Å². The number of rotatable bonds is 10. The highest BCUT2D eigenvalue weighted by molar-refractivity contribution is 7.99. The number of benzene rings is 1. The predicted molar refractivity (Wildman–Crippen MR) is 110 cm³/mol. The van der Waals surface area contributed by atoms with Crippen LogP contribution in [-0.2, 0) is 16.4 Å². The fourth-order valence-corrected chi connectivity index (χ4v) is 5.70. The van der Waals surface area contributed by atoms with Crippen molar-refractivity contribution in [3.63, 3.8) is 0 Å². The summed E-state index contributed by atoms with van der Waals surface area (Å²) in [6, 6.07) is 7.50. The summed E-state index contributed by atoms with van der Waals surface area (Å²) in [4.78, 5) is 0. The van der Waals surface area contributed by atoms with Crippen LogP contribution in [0.2, 0.25) is 0 Å². The number of sulfone groups is 1. The standard InChI is InChI=1S/C19H25N3O4S2/c1-3-10-22-18(15-9-13-28(23,24)14-15)20-21-19(22)27-12-4-11-26-17-7-5-16(25-2)6-8-17/h3,5-8,15H,1,4,9-14H2,2H3. The first-order valence-electron chi connectivity index (χ1n) is 9.16. The zero-order valence-electron chi connectivity index (χ0n) is 15.9. The van der Waals surface area contributed by atoms with E-state index >= 15 is 0 Å². The van der Waals surface area contributed by atoms with Crippen LogP contribution in [0.3, 0.4) is 0 Å². The van der Waals surface area contributed by atoms with Crippen LogP contribution in [0.5, 0.6) is 11.5 Å². The molecule has 1 saturated heterocycles. The fraction of sp³-hybridized carbons (Fsp3) is 0.474. The number of nitrogens with zero attached hydrogens (tertiary/aromatic N) is 3. The summed E-state index contributed by atoms with van der Waals surface area (Å²) >= 11 is 1.60. The van der Waals surface area contributed by atoms with Crippen molar-refractivity contribution in [1.82, 2.24) is 14.8 Å². The van der Waals surface area contributed by atoms with E-state index in [0.717, 1.165) is 34.7 Å². The van der Waals surface area contributed by atoms with Crippen molar-refractivity contribution in [3.05, 3.63) is 42.7 Å². The van der Waals surface area contributed by atoms with Crippen molar-refractivity contribution in [2.24, 2.45) is 0 Å². The Morgan fingerprint density at radius 1 is 1.29 bits per heavy atom. The molecule has 1 atom stereocenters. The number of thioether (sulfide) groups is 1. The molecule has 0 bridgehead atoms. The van der Waals surface area contributed by atoms with Gasteiger partial charge in [0.2, 0.25) is 0 Å². The second kappa shape index (κ2) is 9.47. The summed E-state index contributed by atoms with van der Waals surface area (Å²) in [5.41, 5.74) is 0. The quantitative estimate of drug-likeness (QED) is 0.330. The lowest BCUT2D eigenvalue weighted by molar-refractivity contribution is 0.318. The maximum atomic E-state index is 11.8. The van der Waals surface area contributed by atoms with Crippen molar-refractivity contribution >= 4 is 21.6 Å². The molecule has 0 amide bonds. The van der Waals surface area contributed by atoms with Gasteiger partial charge in [-0.2, -0.15) is 0 Å². The smallest absolute Gasteiger partial charge is 0.191 e. The SMILES string of the molecule is C=CCn1c(SCCCOc2ccc(OC)cc2)nnc1C1CCS(=O)(=O)C1. The molecule has 2 aromatic rings. The van der Waals surface area contributed by atoms with Crippen LogP contribution in [-0.4, -0.2) is 54.2 Å². The minimum Gasteiger partial charge on any atom is -0.497 e. The molecule has 7 nitrogen and oxygen atoms in total. The molecule has 3 rings (SSSR count). The lowest BCUT2D eigenvalue weighted by Gasteiger charge is -2.11. The van der Waals surface area contributed by atoms with Gasteiger partial charge in [-0.15, -0.1) is 16.8 Å². The Hall–Kier alpha value is -2.00. The van der Waals surface area contributed by atoms with Crippen molar-refractivity contribution in [2.45, 2.75) is 30.5 Å². The summed E-state index contributed by atoms with van der Waals surface area (Å²) in [6.45, 7) is 4.97. The molecule has 1 aliphatic rings. The average molecular weight is 424 g/mol. The number of methoxy groups -OCH3 is 1. The normalized spacial score (nSPS) is 18.1. The topological polar surface area (TPSA) is 83.3 Å². The Balaban J connectivity index is 1.51. The van der Waals surface area contributed by atoms with Crippen LogP contribution in [0.4, 0.5) is 0 Å². The van der Waals surface area contributed by atoms with Crippen LogP contribution >= 0.6 is 11.8 Å². The molecule has 1 unspecified atom stereocenters. The molecule has 0 N–H and O–H groups in total. The summed E-state index contributed by atoms with van der Waals surface area (Å²) in [5, 5.41) is 9.36. The van der Waals surface area contributed by atoms with E-state index in [1.54, 1.807) is 24.9 Å². The van der Waals surface area contributed by atoms with E-state index in [-0.39, 0.29) is 17.4 Å². The molecule has 1 fully saturated rings. The van der Waals surface area contributed by atoms with E-state index in [0.29, 0.717) is 19.6 Å². The molecular formula is C19H25N3O4S2. The molecule has 9 heteroatoms. The molecule has 1 aromatic heterocycles. The van der Waals surface area contributed by atoms with Gasteiger partial charge in [-0.25, -0.2) is 8.42 Å². The van der Waals surface area contributed by atoms with E-state index < -0.39 is 9.84 Å². The van der Waals surface area contributed by atoms with Gasteiger partial charge in [0.05, 0.1) is 25.2 Å². The molecule has 0 saturated carbocycles. The molecule has 2 heterocycles. The maximum Gasteiger partial charge on any atom is 0.191 e. The maximum absolute atomic E-state index is 11.8. The highest BCUT2D eigenvalue weighted by Gasteiger charge is 2.33. The van der Waals surface area contributed by atoms with Crippen LogP contribution in [0.25, 0.3) is 0 Å². The number of ether oxygens (including phenoxy) is 2. The van der Waals surface area contributed by atoms with Gasteiger partial charge < -0.3 is 14.0 Å². The Kier molecular flexibility index (Phi) is 7.01. The molecular weight excluding hydrogens is 398 g/mol. The second-order valence-electron chi connectivity index (χ2n) is 6.57. The largest absolute Gasteiger partial charge is 0.497 e. The fourth-order valence-electron chi connectivity index (χ4n) is 3.09. The Bertz CT molecular complexity index is 894. The molecule has 0 spiro atoms. The van der Waals surface area contributed by atoms with E-state index in [1.165, 1.54) is 0 Å². The lowest BCUT2D eigenvalue weighted by Crippen LogP contribution is -2.11. The molecule has 152 valence electrons. The van der Waals surface area contributed by atoms with E-state index in [9.17, 15) is 8.42 Å². The monoisotopic (exact) mass is 423 g/mol. The molecule has 0 aliphatic carbocycles. The molecule has 1 aliphatic heterocycles. The van der Waals surface area contributed by atoms with Crippen LogP contribution < -0.4 is 9.47 Å². The molecule has 1 aromatic carbocycles. The number of aromatic nitrogens is 3. The van der Waals surface area contributed by atoms with Crippen LogP contribution in [0.1, 0.15) is 24.6 Å². The zero-order valence-corrected chi connectivity index (χ0v) is 17.5. The van der Waals surface area contributed by atoms with Gasteiger partial charge in [0, 0.05) is 18.2 Å². The van der Waals surface area contributed by atoms with Gasteiger partial charge >= 0.3 is 0 Å². The van der Waals surface area contributed by atoms with E-state index in [2.05, 4.69) is 16.8 Å². The van der Waals surface area contributed by atoms with Gasteiger partial charge in [-0.05, 0) is 37.1 Å². The van der Waals surface area contributed by atoms with Gasteiger partial charge in [-0.1, -0.05) is 17.8 Å². The van der Waals surface area contributed by atoms with Crippen LogP contribution in [0, 0.1) is 0 Å². The minimum absolute atomic E-state index is 0.0785. The van der Waals surface area contributed by atoms with E-state index in [1.807, 2.05) is 28.8 Å². The average Bonchev–Trinajstić information content (AvgIpc) is 3.25. The third-order valence-electron chi connectivity index (χ3n) is 4.50. The zero-order chi connectivity index (χ0) is 20.0. The first kappa shape index (κ1) is 20.7. The molecule has 0 radical (unpaired) electrons. The summed E-state index contributed by atoms with van der Waals surface area (Å²) in [6.07, 6.45) is 3.25. The second-order valence-corrected chi connectivity index (χ2v) is 9.86. The summed E-state index contributed by atoms with van der Waals surface area (Å²) < 4.78 is 36.4. The van der Waals surface area contributed by atoms with Crippen molar-refractivity contribution in [3.8, 4) is 11.5 Å². The number of allylic oxidation sites excluding steroid dienone is 1. The third-order valence-corrected chi connectivity index (χ3v) is 7.32. The summed E-state index contributed by atoms with van der Waals surface area (Å²) in [7, 11) is -1.33. The van der Waals surface area contributed by atoms with Gasteiger partial charge in [0.15, 0.2) is 15.0 Å². The Morgan fingerprint density at radius 3 is 2.68 bits per heavy atom. The Labute approximate surface area is 170 Å². The minimum atomic E-state index is -2.96.